The summed E-state index contributed by atoms with van der Waals surface area (Å²) in [6.07, 6.45) is 6.95. The summed E-state index contributed by atoms with van der Waals surface area (Å²) in [7, 11) is 0. The number of hydrogen-bond acceptors (Lipinski definition) is 2. The van der Waals surface area contributed by atoms with E-state index >= 15 is 0 Å². The van der Waals surface area contributed by atoms with Crippen molar-refractivity contribution in [3.63, 3.8) is 0 Å². The van der Waals surface area contributed by atoms with Crippen LogP contribution in [0, 0.1) is 0 Å². The number of rotatable bonds is 2. The van der Waals surface area contributed by atoms with E-state index in [1.165, 1.54) is 36.8 Å². The van der Waals surface area contributed by atoms with Crippen molar-refractivity contribution in [1.29, 1.82) is 0 Å². The van der Waals surface area contributed by atoms with Crippen LogP contribution in [0.3, 0.4) is 0 Å². The molecule has 3 aliphatic rings. The van der Waals surface area contributed by atoms with Crippen LogP contribution in [-0.4, -0.2) is 22.2 Å². The Bertz CT molecular complexity index is 433. The molecule has 0 amide bonds. The van der Waals surface area contributed by atoms with Crippen molar-refractivity contribution in [3.8, 4) is 0 Å². The molecular formula is C16H21NO. The Morgan fingerprint density at radius 1 is 1.06 bits per heavy atom. The lowest BCUT2D eigenvalue weighted by Crippen LogP contribution is -2.39. The van der Waals surface area contributed by atoms with Gasteiger partial charge in [-0.2, -0.15) is 0 Å². The first kappa shape index (κ1) is 11.0. The molecule has 2 heteroatoms. The number of hydrogen-bond donors (Lipinski definition) is 1. The molecule has 18 heavy (non-hydrogen) atoms. The first-order chi connectivity index (χ1) is 8.77. The molecule has 0 aromatic heterocycles. The van der Waals surface area contributed by atoms with Crippen molar-refractivity contribution in [2.24, 2.45) is 0 Å². The molecule has 0 radical (unpaired) electrons. The Balaban J connectivity index is 1.62. The first-order valence-corrected chi connectivity index (χ1v) is 7.34. The molecule has 1 saturated carbocycles. The van der Waals surface area contributed by atoms with E-state index in [1.807, 2.05) is 0 Å². The Hall–Kier alpha value is -0.860. The lowest BCUT2D eigenvalue weighted by molar-refractivity contribution is -0.00145. The molecule has 1 aromatic carbocycles. The van der Waals surface area contributed by atoms with Crippen molar-refractivity contribution in [3.05, 3.63) is 35.4 Å². The van der Waals surface area contributed by atoms with Crippen molar-refractivity contribution in [1.82, 2.24) is 4.90 Å². The van der Waals surface area contributed by atoms with E-state index in [-0.39, 0.29) is 0 Å². The van der Waals surface area contributed by atoms with E-state index in [0.29, 0.717) is 12.1 Å². The maximum absolute atomic E-state index is 10.7. The van der Waals surface area contributed by atoms with Gasteiger partial charge in [0.2, 0.25) is 0 Å². The maximum Gasteiger partial charge on any atom is 0.0774 e. The summed E-state index contributed by atoms with van der Waals surface area (Å²) >= 11 is 0. The maximum atomic E-state index is 10.7. The fourth-order valence-electron chi connectivity index (χ4n) is 4.40. The molecule has 0 spiro atoms. The minimum Gasteiger partial charge on any atom is -0.389 e. The molecule has 1 aromatic rings. The normalized spacial score (nSPS) is 32.9. The van der Waals surface area contributed by atoms with E-state index in [4.69, 9.17) is 0 Å². The predicted molar refractivity (Wildman–Crippen MR) is 71.3 cm³/mol. The fourth-order valence-corrected chi connectivity index (χ4v) is 4.40. The first-order valence-electron chi connectivity index (χ1n) is 7.34. The highest BCUT2D eigenvalue weighted by atomic mass is 16.3. The Kier molecular flexibility index (Phi) is 2.33. The Morgan fingerprint density at radius 3 is 2.17 bits per heavy atom. The van der Waals surface area contributed by atoms with Crippen LogP contribution in [0.5, 0.6) is 0 Å². The minimum atomic E-state index is -0.400. The van der Waals surface area contributed by atoms with Gasteiger partial charge in [-0.1, -0.05) is 37.1 Å². The third-order valence-electron chi connectivity index (χ3n) is 5.24. The lowest BCUT2D eigenvalue weighted by Gasteiger charge is -2.31. The molecule has 4 rings (SSSR count). The van der Waals surface area contributed by atoms with Gasteiger partial charge < -0.3 is 5.11 Å². The summed E-state index contributed by atoms with van der Waals surface area (Å²) in [6.45, 7) is 0.886. The highest BCUT2D eigenvalue weighted by Crippen LogP contribution is 2.53. The quantitative estimate of drug-likeness (QED) is 0.862. The summed E-state index contributed by atoms with van der Waals surface area (Å²) in [6, 6.07) is 10.0. The van der Waals surface area contributed by atoms with Crippen molar-refractivity contribution < 1.29 is 5.11 Å². The molecular weight excluding hydrogens is 222 g/mol. The van der Waals surface area contributed by atoms with Gasteiger partial charge in [0.1, 0.15) is 0 Å². The molecule has 2 unspecified atom stereocenters. The lowest BCUT2D eigenvalue weighted by atomic mass is 9.92. The van der Waals surface area contributed by atoms with Crippen LogP contribution in [0.1, 0.15) is 61.7 Å². The average molecular weight is 243 g/mol. The van der Waals surface area contributed by atoms with Crippen LogP contribution in [0.2, 0.25) is 0 Å². The fraction of sp³-hybridized carbons (Fsp3) is 0.625. The van der Waals surface area contributed by atoms with Gasteiger partial charge in [-0.05, 0) is 36.8 Å². The summed E-state index contributed by atoms with van der Waals surface area (Å²) < 4.78 is 0. The van der Waals surface area contributed by atoms with E-state index in [1.54, 1.807) is 0 Å². The summed E-state index contributed by atoms with van der Waals surface area (Å²) in [5.41, 5.74) is 2.65. The molecule has 2 aliphatic heterocycles. The molecule has 1 saturated heterocycles. The highest BCUT2D eigenvalue weighted by Gasteiger charge is 2.46. The van der Waals surface area contributed by atoms with E-state index in [2.05, 4.69) is 29.2 Å². The standard InChI is InChI=1S/C16H21NO/c18-16(9-3-4-10-16)11-17-14-7-8-15(17)13-6-2-1-5-12(13)14/h1-2,5-6,14-15,18H,3-4,7-11H2. The zero-order valence-electron chi connectivity index (χ0n) is 10.8. The Labute approximate surface area is 109 Å². The second-order valence-corrected chi connectivity index (χ2v) is 6.34. The van der Waals surface area contributed by atoms with E-state index < -0.39 is 5.60 Å². The molecule has 2 heterocycles. The number of fused-ring (bicyclic) bond motifs is 5. The molecule has 2 bridgehead atoms. The van der Waals surface area contributed by atoms with Gasteiger partial charge in [0.05, 0.1) is 5.60 Å². The minimum absolute atomic E-state index is 0.400. The second kappa shape index (κ2) is 3.82. The topological polar surface area (TPSA) is 23.5 Å². The van der Waals surface area contributed by atoms with Crippen LogP contribution in [0.4, 0.5) is 0 Å². The van der Waals surface area contributed by atoms with Gasteiger partial charge >= 0.3 is 0 Å². The summed E-state index contributed by atoms with van der Waals surface area (Å²) in [4.78, 5) is 2.58. The van der Waals surface area contributed by atoms with Crippen LogP contribution in [-0.2, 0) is 0 Å². The monoisotopic (exact) mass is 243 g/mol. The van der Waals surface area contributed by atoms with Crippen molar-refractivity contribution >= 4 is 0 Å². The van der Waals surface area contributed by atoms with Gasteiger partial charge in [0, 0.05) is 18.6 Å². The van der Waals surface area contributed by atoms with Crippen LogP contribution < -0.4 is 0 Å². The number of benzene rings is 1. The van der Waals surface area contributed by atoms with Crippen molar-refractivity contribution in [2.45, 2.75) is 56.2 Å². The number of aliphatic hydroxyl groups is 1. The van der Waals surface area contributed by atoms with E-state index in [9.17, 15) is 5.11 Å². The van der Waals surface area contributed by atoms with Gasteiger partial charge in [-0.25, -0.2) is 0 Å². The molecule has 2 atom stereocenters. The average Bonchev–Trinajstić information content (AvgIpc) is 3.05. The zero-order chi connectivity index (χ0) is 12.2. The SMILES string of the molecule is OC1(CN2C3CCC2c2ccccc23)CCCC1. The third-order valence-corrected chi connectivity index (χ3v) is 5.24. The van der Waals surface area contributed by atoms with Crippen molar-refractivity contribution in [2.75, 3.05) is 6.54 Å². The second-order valence-electron chi connectivity index (χ2n) is 6.34. The number of nitrogens with zero attached hydrogens (tertiary/aromatic N) is 1. The zero-order valence-corrected chi connectivity index (χ0v) is 10.8. The van der Waals surface area contributed by atoms with E-state index in [0.717, 1.165) is 19.4 Å². The van der Waals surface area contributed by atoms with Crippen LogP contribution in [0.15, 0.2) is 24.3 Å². The molecule has 1 aliphatic carbocycles. The summed E-state index contributed by atoms with van der Waals surface area (Å²) in [5.74, 6) is 0. The van der Waals surface area contributed by atoms with Crippen LogP contribution >= 0.6 is 0 Å². The van der Waals surface area contributed by atoms with Gasteiger partial charge in [-0.3, -0.25) is 4.90 Å². The van der Waals surface area contributed by atoms with Crippen LogP contribution in [0.25, 0.3) is 0 Å². The molecule has 1 N–H and O–H groups in total. The molecule has 96 valence electrons. The third kappa shape index (κ3) is 1.49. The van der Waals surface area contributed by atoms with Gasteiger partial charge in [-0.15, -0.1) is 0 Å². The summed E-state index contributed by atoms with van der Waals surface area (Å²) in [5, 5.41) is 10.7. The Morgan fingerprint density at radius 2 is 1.61 bits per heavy atom. The highest BCUT2D eigenvalue weighted by molar-refractivity contribution is 5.40. The smallest absolute Gasteiger partial charge is 0.0774 e. The molecule has 2 nitrogen and oxygen atoms in total. The van der Waals surface area contributed by atoms with Gasteiger partial charge in [0.25, 0.3) is 0 Å². The van der Waals surface area contributed by atoms with Gasteiger partial charge in [0.15, 0.2) is 0 Å². The predicted octanol–water partition coefficient (Wildman–Crippen LogP) is 3.18. The largest absolute Gasteiger partial charge is 0.389 e. The molecule has 2 fully saturated rings.